The molecule has 0 aliphatic carbocycles. The Balaban J connectivity index is 0. The molecule has 0 aliphatic heterocycles. The Labute approximate surface area is 122 Å². The van der Waals surface area contributed by atoms with E-state index >= 15 is 0 Å². The van der Waals surface area contributed by atoms with Crippen molar-refractivity contribution in [1.29, 1.82) is 0 Å². The zero-order valence-electron chi connectivity index (χ0n) is 11.6. The molecule has 0 aromatic carbocycles. The molecule has 13 heteroatoms. The lowest BCUT2D eigenvalue weighted by Crippen LogP contribution is -2.23. The minimum atomic E-state index is -4.67. The van der Waals surface area contributed by atoms with Crippen LogP contribution in [-0.4, -0.2) is 40.9 Å². The van der Waals surface area contributed by atoms with Crippen LogP contribution in [0.25, 0.3) is 0 Å². The summed E-state index contributed by atoms with van der Waals surface area (Å²) in [5.41, 5.74) is 21.9. The van der Waals surface area contributed by atoms with Crippen LogP contribution in [0.2, 0.25) is 0 Å². The summed E-state index contributed by atoms with van der Waals surface area (Å²) in [6.07, 6.45) is 1.57. The summed E-state index contributed by atoms with van der Waals surface area (Å²) in [4.78, 5) is 0. The summed E-state index contributed by atoms with van der Waals surface area (Å²) >= 11 is 0. The van der Waals surface area contributed by atoms with Crippen LogP contribution in [0.3, 0.4) is 0 Å². The van der Waals surface area contributed by atoms with E-state index in [-0.39, 0.29) is 11.9 Å². The van der Waals surface area contributed by atoms with Crippen molar-refractivity contribution in [2.75, 3.05) is 0 Å². The predicted molar refractivity (Wildman–Crippen MR) is 81.2 cm³/mol. The fourth-order valence-corrected chi connectivity index (χ4v) is 0.849. The van der Waals surface area contributed by atoms with E-state index in [2.05, 4.69) is 20.4 Å². The number of hydrogen-bond donors (Lipinski definition) is 6. The molecule has 0 fully saturated rings. The van der Waals surface area contributed by atoms with Gasteiger partial charge in [-0.3, -0.25) is 9.11 Å². The summed E-state index contributed by atoms with van der Waals surface area (Å²) in [5, 5.41) is 14.7. The highest BCUT2D eigenvalue weighted by Crippen LogP contribution is 1.97. The van der Waals surface area contributed by atoms with Gasteiger partial charge in [-0.25, -0.2) is 0 Å². The summed E-state index contributed by atoms with van der Waals surface area (Å²) in [6.45, 7) is 3.72. The van der Waals surface area contributed by atoms with Gasteiger partial charge in [-0.1, -0.05) is 13.3 Å². The minimum Gasteiger partial charge on any atom is -0.369 e. The van der Waals surface area contributed by atoms with Gasteiger partial charge in [0.15, 0.2) is 0 Å². The van der Waals surface area contributed by atoms with Crippen LogP contribution in [0.4, 0.5) is 0 Å². The van der Waals surface area contributed by atoms with E-state index in [9.17, 15) is 0 Å². The molecule has 0 rings (SSSR count). The topological polar surface area (TPSA) is 228 Å². The fraction of sp³-hybridized carbons (Fsp3) is 0.500. The zero-order valence-corrected chi connectivity index (χ0v) is 12.4. The van der Waals surface area contributed by atoms with E-state index in [0.717, 1.165) is 6.42 Å². The Kier molecular flexibility index (Phi) is 10.6. The largest absolute Gasteiger partial charge is 0.394 e. The third-order valence-electron chi connectivity index (χ3n) is 1.51. The molecular formula is C8H20N8O4S. The van der Waals surface area contributed by atoms with E-state index in [1.54, 1.807) is 6.92 Å². The average molecular weight is 324 g/mol. The van der Waals surface area contributed by atoms with Crippen molar-refractivity contribution in [3.8, 4) is 0 Å². The molecule has 0 atom stereocenters. The number of nitrogens with zero attached hydrogens (tertiary/aromatic N) is 4. The lowest BCUT2D eigenvalue weighted by Gasteiger charge is -2.00. The zero-order chi connectivity index (χ0) is 17.1. The van der Waals surface area contributed by atoms with Crippen LogP contribution in [0.1, 0.15) is 26.7 Å². The first kappa shape index (κ1) is 21.1. The second kappa shape index (κ2) is 10.5. The maximum atomic E-state index is 8.74. The molecule has 12 nitrogen and oxygen atoms in total. The molecule has 0 unspecified atom stereocenters. The molecule has 0 amide bonds. The first-order valence-electron chi connectivity index (χ1n) is 5.46. The third kappa shape index (κ3) is 20.2. The van der Waals surface area contributed by atoms with Crippen molar-refractivity contribution in [3.63, 3.8) is 0 Å². The lowest BCUT2D eigenvalue weighted by atomic mass is 10.1. The van der Waals surface area contributed by atoms with Crippen LogP contribution < -0.4 is 22.9 Å². The van der Waals surface area contributed by atoms with Gasteiger partial charge in [0.25, 0.3) is 0 Å². The smallest absolute Gasteiger partial charge is 0.369 e. The first-order valence-corrected chi connectivity index (χ1v) is 6.86. The van der Waals surface area contributed by atoms with Crippen molar-refractivity contribution < 1.29 is 17.5 Å². The second-order valence-corrected chi connectivity index (χ2v) is 4.38. The Bertz CT molecular complexity index is 520. The maximum Gasteiger partial charge on any atom is 0.394 e. The Morgan fingerprint density at radius 2 is 1.33 bits per heavy atom. The molecule has 0 bridgehead atoms. The highest BCUT2D eigenvalue weighted by Gasteiger charge is 2.03. The molecule has 0 spiro atoms. The molecule has 0 aromatic heterocycles. The third-order valence-corrected chi connectivity index (χ3v) is 1.51. The standard InChI is InChI=1S/C8H18N8.H2O4S/c1-3-4-6(14-16-8(11)12)5(2)13-15-7(9)10;1-5(2,3)4/h3-4H2,1-2H3,(H4,9,10,15)(H4,11,12,16);(H2,1,2,3,4)/b13-5+,14-6+;. The maximum absolute atomic E-state index is 8.74. The molecule has 0 aliphatic rings. The number of rotatable bonds is 5. The van der Waals surface area contributed by atoms with Crippen molar-refractivity contribution >= 4 is 33.7 Å². The normalized spacial score (nSPS) is 12.0. The molecular weight excluding hydrogens is 304 g/mol. The van der Waals surface area contributed by atoms with E-state index in [4.69, 9.17) is 40.5 Å². The van der Waals surface area contributed by atoms with Gasteiger partial charge < -0.3 is 22.9 Å². The van der Waals surface area contributed by atoms with Crippen LogP contribution in [0.15, 0.2) is 20.4 Å². The minimum absolute atomic E-state index is 0.108. The molecule has 0 radical (unpaired) electrons. The monoisotopic (exact) mass is 324 g/mol. The number of nitrogens with two attached hydrogens (primary N) is 4. The quantitative estimate of drug-likeness (QED) is 0.149. The Morgan fingerprint density at radius 3 is 1.67 bits per heavy atom. The van der Waals surface area contributed by atoms with Crippen LogP contribution in [0.5, 0.6) is 0 Å². The predicted octanol–water partition coefficient (Wildman–Crippen LogP) is -1.59. The summed E-state index contributed by atoms with van der Waals surface area (Å²) < 4.78 is 31.6. The van der Waals surface area contributed by atoms with Crippen LogP contribution in [0, 0.1) is 0 Å². The van der Waals surface area contributed by atoms with Gasteiger partial charge in [0.2, 0.25) is 11.9 Å². The number of guanidine groups is 2. The van der Waals surface area contributed by atoms with Crippen molar-refractivity contribution in [2.45, 2.75) is 26.7 Å². The van der Waals surface area contributed by atoms with Gasteiger partial charge in [0.1, 0.15) is 0 Å². The Morgan fingerprint density at radius 1 is 0.952 bits per heavy atom. The van der Waals surface area contributed by atoms with Gasteiger partial charge in [-0.15, -0.1) is 10.2 Å². The SMILES string of the molecule is CCCC(=N\N=C(N)N)/C(C)=N/N=C(N)N.O=S(=O)(O)O. The van der Waals surface area contributed by atoms with Gasteiger partial charge in [0.05, 0.1) is 11.4 Å². The van der Waals surface area contributed by atoms with Gasteiger partial charge >= 0.3 is 10.4 Å². The van der Waals surface area contributed by atoms with Crippen molar-refractivity contribution in [2.24, 2.45) is 43.3 Å². The summed E-state index contributed by atoms with van der Waals surface area (Å²) in [7, 11) is -4.67. The van der Waals surface area contributed by atoms with E-state index in [0.29, 0.717) is 17.8 Å². The molecule has 122 valence electrons. The molecule has 21 heavy (non-hydrogen) atoms. The highest BCUT2D eigenvalue weighted by atomic mass is 32.3. The molecule has 0 aromatic rings. The van der Waals surface area contributed by atoms with Crippen molar-refractivity contribution in [3.05, 3.63) is 0 Å². The second-order valence-electron chi connectivity index (χ2n) is 3.48. The summed E-state index contributed by atoms with van der Waals surface area (Å²) in [6, 6.07) is 0. The van der Waals surface area contributed by atoms with Gasteiger partial charge in [-0.2, -0.15) is 18.6 Å². The molecule has 0 heterocycles. The van der Waals surface area contributed by atoms with Crippen molar-refractivity contribution in [1.82, 2.24) is 0 Å². The fourth-order valence-electron chi connectivity index (χ4n) is 0.849. The highest BCUT2D eigenvalue weighted by molar-refractivity contribution is 7.79. The lowest BCUT2D eigenvalue weighted by molar-refractivity contribution is 0.381. The van der Waals surface area contributed by atoms with Gasteiger partial charge in [0, 0.05) is 0 Å². The van der Waals surface area contributed by atoms with Gasteiger partial charge in [-0.05, 0) is 13.3 Å². The first-order chi connectivity index (χ1) is 9.47. The summed E-state index contributed by atoms with van der Waals surface area (Å²) in [5.74, 6) is -0.222. The molecule has 0 saturated heterocycles. The van der Waals surface area contributed by atoms with E-state index in [1.807, 2.05) is 6.92 Å². The average Bonchev–Trinajstić information content (AvgIpc) is 2.29. The van der Waals surface area contributed by atoms with E-state index in [1.165, 1.54) is 0 Å². The number of hydrogen-bond acceptors (Lipinski definition) is 6. The Hall–Kier alpha value is -2.25. The van der Waals surface area contributed by atoms with Crippen LogP contribution in [-0.2, 0) is 10.4 Å². The van der Waals surface area contributed by atoms with Crippen LogP contribution >= 0.6 is 0 Å². The molecule has 10 N–H and O–H groups in total. The molecule has 0 saturated carbocycles. The van der Waals surface area contributed by atoms with E-state index < -0.39 is 10.4 Å².